The zero-order chi connectivity index (χ0) is 15.0. The van der Waals surface area contributed by atoms with Gasteiger partial charge < -0.3 is 10.2 Å². The first kappa shape index (κ1) is 16.2. The van der Waals surface area contributed by atoms with E-state index in [9.17, 15) is 10.1 Å². The minimum absolute atomic E-state index is 0.0777. The van der Waals surface area contributed by atoms with E-state index < -0.39 is 0 Å². The predicted molar refractivity (Wildman–Crippen MR) is 82.5 cm³/mol. The predicted octanol–water partition coefficient (Wildman–Crippen LogP) is 3.44. The lowest BCUT2D eigenvalue weighted by Crippen LogP contribution is -2.27. The van der Waals surface area contributed by atoms with Crippen molar-refractivity contribution in [1.82, 2.24) is 4.98 Å². The van der Waals surface area contributed by atoms with E-state index in [0.717, 1.165) is 38.9 Å². The van der Waals surface area contributed by atoms with Crippen molar-refractivity contribution in [1.29, 1.82) is 0 Å². The van der Waals surface area contributed by atoms with Crippen molar-refractivity contribution in [3.8, 4) is 0 Å². The Labute approximate surface area is 120 Å². The minimum Gasteiger partial charge on any atom is -0.370 e. The molecule has 0 atom stereocenters. The first-order chi connectivity index (χ1) is 9.63. The van der Waals surface area contributed by atoms with Crippen molar-refractivity contribution in [2.45, 2.75) is 40.0 Å². The van der Waals surface area contributed by atoms with Crippen LogP contribution in [0.15, 0.2) is 12.1 Å². The molecule has 0 saturated carbocycles. The third kappa shape index (κ3) is 4.36. The number of hydrogen-bond acceptors (Lipinski definition) is 5. The summed E-state index contributed by atoms with van der Waals surface area (Å²) in [6.45, 7) is 8.56. The fourth-order valence-corrected chi connectivity index (χ4v) is 2.03. The molecule has 0 saturated heterocycles. The molecule has 112 valence electrons. The minimum atomic E-state index is -0.357. The fourth-order valence-electron chi connectivity index (χ4n) is 2.03. The van der Waals surface area contributed by atoms with Gasteiger partial charge in [0.25, 0.3) is 0 Å². The summed E-state index contributed by atoms with van der Waals surface area (Å²) in [6, 6.07) is 3.21. The van der Waals surface area contributed by atoms with Gasteiger partial charge >= 0.3 is 5.69 Å². The number of aromatic nitrogens is 1. The second-order valence-electron chi connectivity index (χ2n) is 4.71. The first-order valence-corrected chi connectivity index (χ1v) is 7.28. The molecule has 0 aliphatic rings. The maximum Gasteiger partial charge on any atom is 0.311 e. The molecule has 6 heteroatoms. The van der Waals surface area contributed by atoms with Gasteiger partial charge in [-0.05, 0) is 25.3 Å². The van der Waals surface area contributed by atoms with Crippen molar-refractivity contribution in [3.05, 3.63) is 22.2 Å². The highest BCUT2D eigenvalue weighted by molar-refractivity contribution is 5.61. The summed E-state index contributed by atoms with van der Waals surface area (Å²) in [6.07, 6.45) is 2.86. The summed E-state index contributed by atoms with van der Waals surface area (Å²) in [7, 11) is 0. The van der Waals surface area contributed by atoms with Crippen LogP contribution in [0.4, 0.5) is 17.3 Å². The number of nitrogens with one attached hydrogen (secondary N) is 1. The Balaban J connectivity index is 3.11. The van der Waals surface area contributed by atoms with Crippen LogP contribution < -0.4 is 10.2 Å². The molecule has 1 heterocycles. The lowest BCUT2D eigenvalue weighted by molar-refractivity contribution is -0.384. The van der Waals surface area contributed by atoms with E-state index in [-0.39, 0.29) is 10.6 Å². The second kappa shape index (κ2) is 8.35. The number of anilines is 2. The number of pyridine rings is 1. The first-order valence-electron chi connectivity index (χ1n) is 7.28. The highest BCUT2D eigenvalue weighted by atomic mass is 16.6. The van der Waals surface area contributed by atoms with E-state index in [4.69, 9.17) is 0 Å². The summed E-state index contributed by atoms with van der Waals surface area (Å²) in [5, 5.41) is 14.4. The van der Waals surface area contributed by atoms with Gasteiger partial charge in [0.2, 0.25) is 5.82 Å². The maximum absolute atomic E-state index is 11.2. The van der Waals surface area contributed by atoms with E-state index >= 15 is 0 Å². The Morgan fingerprint density at radius 1 is 1.20 bits per heavy atom. The number of hydrogen-bond donors (Lipinski definition) is 1. The molecule has 1 aromatic heterocycles. The molecule has 0 fully saturated rings. The SMILES string of the molecule is CCCNc1ccc([N+](=O)[O-])c(N(CCC)CCC)n1. The Morgan fingerprint density at radius 3 is 2.35 bits per heavy atom. The largest absolute Gasteiger partial charge is 0.370 e. The van der Waals surface area contributed by atoms with Gasteiger partial charge in [-0.25, -0.2) is 4.98 Å². The molecule has 6 nitrogen and oxygen atoms in total. The fraction of sp³-hybridized carbons (Fsp3) is 0.643. The normalized spacial score (nSPS) is 10.3. The van der Waals surface area contributed by atoms with Crippen LogP contribution >= 0.6 is 0 Å². The Kier molecular flexibility index (Phi) is 6.76. The quantitative estimate of drug-likeness (QED) is 0.554. The van der Waals surface area contributed by atoms with Gasteiger partial charge in [0.15, 0.2) is 0 Å². The molecule has 20 heavy (non-hydrogen) atoms. The molecule has 0 amide bonds. The van der Waals surface area contributed by atoms with Gasteiger partial charge in [-0.3, -0.25) is 10.1 Å². The van der Waals surface area contributed by atoms with Gasteiger partial charge in [-0.2, -0.15) is 0 Å². The maximum atomic E-state index is 11.2. The highest BCUT2D eigenvalue weighted by Gasteiger charge is 2.21. The second-order valence-corrected chi connectivity index (χ2v) is 4.71. The molecule has 1 N–H and O–H groups in total. The van der Waals surface area contributed by atoms with Gasteiger partial charge in [-0.1, -0.05) is 20.8 Å². The van der Waals surface area contributed by atoms with E-state index in [1.54, 1.807) is 12.1 Å². The lowest BCUT2D eigenvalue weighted by Gasteiger charge is -2.22. The molecular formula is C14H24N4O2. The molecule has 0 unspecified atom stereocenters. The molecule has 0 aliphatic carbocycles. The van der Waals surface area contributed by atoms with E-state index in [1.165, 1.54) is 0 Å². The van der Waals surface area contributed by atoms with E-state index in [2.05, 4.69) is 31.1 Å². The lowest BCUT2D eigenvalue weighted by atomic mass is 10.3. The Bertz CT molecular complexity index is 431. The average Bonchev–Trinajstić information content (AvgIpc) is 2.44. The number of rotatable bonds is 9. The van der Waals surface area contributed by atoms with Gasteiger partial charge in [-0.15, -0.1) is 0 Å². The van der Waals surface area contributed by atoms with Crippen molar-refractivity contribution in [3.63, 3.8) is 0 Å². The summed E-state index contributed by atoms with van der Waals surface area (Å²) in [5.74, 6) is 1.17. The zero-order valence-electron chi connectivity index (χ0n) is 12.6. The topological polar surface area (TPSA) is 71.3 Å². The van der Waals surface area contributed by atoms with Gasteiger partial charge in [0.1, 0.15) is 5.82 Å². The molecule has 0 aromatic carbocycles. The monoisotopic (exact) mass is 280 g/mol. The van der Waals surface area contributed by atoms with Crippen LogP contribution in [0.2, 0.25) is 0 Å². The van der Waals surface area contributed by atoms with E-state index in [1.807, 2.05) is 4.90 Å². The van der Waals surface area contributed by atoms with Crippen LogP contribution in [-0.4, -0.2) is 29.5 Å². The smallest absolute Gasteiger partial charge is 0.311 e. The summed E-state index contributed by atoms with van der Waals surface area (Å²) < 4.78 is 0. The van der Waals surface area contributed by atoms with Crippen molar-refractivity contribution >= 4 is 17.3 Å². The molecule has 1 rings (SSSR count). The molecule has 0 spiro atoms. The third-order valence-electron chi connectivity index (χ3n) is 2.89. The zero-order valence-corrected chi connectivity index (χ0v) is 12.6. The number of nitro groups is 1. The molecule has 0 aliphatic heterocycles. The summed E-state index contributed by atoms with van der Waals surface area (Å²) in [5.41, 5.74) is 0.0777. The van der Waals surface area contributed by atoms with Crippen LogP contribution in [-0.2, 0) is 0 Å². The molecular weight excluding hydrogens is 256 g/mol. The Hall–Kier alpha value is -1.85. The molecule has 1 aromatic rings. The summed E-state index contributed by atoms with van der Waals surface area (Å²) >= 11 is 0. The number of nitrogens with zero attached hydrogens (tertiary/aromatic N) is 3. The van der Waals surface area contributed by atoms with Crippen LogP contribution in [0.25, 0.3) is 0 Å². The highest BCUT2D eigenvalue weighted by Crippen LogP contribution is 2.28. The third-order valence-corrected chi connectivity index (χ3v) is 2.89. The van der Waals surface area contributed by atoms with Gasteiger partial charge in [0.05, 0.1) is 4.92 Å². The van der Waals surface area contributed by atoms with Gasteiger partial charge in [0, 0.05) is 25.7 Å². The van der Waals surface area contributed by atoms with Crippen LogP contribution in [0, 0.1) is 10.1 Å². The van der Waals surface area contributed by atoms with Crippen LogP contribution in [0.5, 0.6) is 0 Å². The van der Waals surface area contributed by atoms with Crippen LogP contribution in [0.3, 0.4) is 0 Å². The summed E-state index contributed by atoms with van der Waals surface area (Å²) in [4.78, 5) is 17.3. The van der Waals surface area contributed by atoms with E-state index in [0.29, 0.717) is 11.6 Å². The Morgan fingerprint density at radius 2 is 1.85 bits per heavy atom. The van der Waals surface area contributed by atoms with Crippen molar-refractivity contribution < 1.29 is 4.92 Å². The average molecular weight is 280 g/mol. The van der Waals surface area contributed by atoms with Crippen LogP contribution in [0.1, 0.15) is 40.0 Å². The molecule has 0 radical (unpaired) electrons. The standard InChI is InChI=1S/C14H24N4O2/c1-4-9-15-13-8-7-12(18(19)20)14(16-13)17(10-5-2)11-6-3/h7-8H,4-6,9-11H2,1-3H3,(H,15,16). The van der Waals surface area contributed by atoms with Crippen molar-refractivity contribution in [2.75, 3.05) is 29.9 Å². The molecule has 0 bridgehead atoms. The van der Waals surface area contributed by atoms with Crippen molar-refractivity contribution in [2.24, 2.45) is 0 Å².